The van der Waals surface area contributed by atoms with E-state index in [2.05, 4.69) is 27.1 Å². The number of nitrogens with one attached hydrogen (secondary N) is 3. The highest BCUT2D eigenvalue weighted by Crippen LogP contribution is 2.36. The van der Waals surface area contributed by atoms with Gasteiger partial charge < -0.3 is 25.5 Å². The quantitative estimate of drug-likeness (QED) is 0.394. The van der Waals surface area contributed by atoms with Gasteiger partial charge in [0, 0.05) is 70.8 Å². The smallest absolute Gasteiger partial charge is 0.270 e. The first kappa shape index (κ1) is 27.8. The lowest BCUT2D eigenvalue weighted by atomic mass is 10.2. The number of pyridine rings is 1. The second-order valence-corrected chi connectivity index (χ2v) is 12.2. The second-order valence-electron chi connectivity index (χ2n) is 10.2. The number of nitrogens with zero attached hydrogens (tertiary/aromatic N) is 5. The minimum atomic E-state index is -3.14. The van der Waals surface area contributed by atoms with Gasteiger partial charge in [0.15, 0.2) is 0 Å². The molecule has 1 aliphatic heterocycles. The van der Waals surface area contributed by atoms with Crippen molar-refractivity contribution in [3.8, 4) is 0 Å². The molecule has 0 atom stereocenters. The van der Waals surface area contributed by atoms with E-state index < -0.39 is 10.0 Å². The van der Waals surface area contributed by atoms with Crippen LogP contribution in [-0.4, -0.2) is 90.7 Å². The molecule has 0 bridgehead atoms. The topological polar surface area (TPSA) is 127 Å². The third-order valence-electron chi connectivity index (χ3n) is 7.12. The van der Waals surface area contributed by atoms with E-state index in [1.54, 1.807) is 31.3 Å². The highest BCUT2D eigenvalue weighted by atomic mass is 32.2. The zero-order valence-corrected chi connectivity index (χ0v) is 23.2. The van der Waals surface area contributed by atoms with Crippen LogP contribution in [0.25, 0.3) is 0 Å². The van der Waals surface area contributed by atoms with Gasteiger partial charge in [0.25, 0.3) is 5.91 Å². The molecule has 0 unspecified atom stereocenters. The molecule has 1 saturated heterocycles. The Labute approximate surface area is 225 Å². The van der Waals surface area contributed by atoms with E-state index in [4.69, 9.17) is 5.41 Å². The predicted molar refractivity (Wildman–Crippen MR) is 150 cm³/mol. The molecule has 2 aromatic heterocycles. The van der Waals surface area contributed by atoms with Crippen molar-refractivity contribution in [2.75, 3.05) is 57.2 Å². The molecular formula is C26H38N8O3S. The number of hydrogen-bond donors (Lipinski definition) is 3. The molecule has 1 aliphatic carbocycles. The number of sulfonamides is 1. The SMILES string of the molecule is C=C(Nc1ccc(CN2CCN(S(C)(=O)=O)CC2)cn1)Nc1c(C=N)cc(C(=O)N(C)C)n1C1CCCC1. The number of aromatic nitrogens is 2. The lowest BCUT2D eigenvalue weighted by molar-refractivity contribution is 0.0815. The predicted octanol–water partition coefficient (Wildman–Crippen LogP) is 2.77. The molecule has 11 nitrogen and oxygen atoms in total. The Hall–Kier alpha value is -3.22. The number of piperazine rings is 1. The fourth-order valence-corrected chi connectivity index (χ4v) is 5.95. The highest BCUT2D eigenvalue weighted by molar-refractivity contribution is 7.88. The molecule has 0 spiro atoms. The Kier molecular flexibility index (Phi) is 8.54. The molecule has 2 fully saturated rings. The van der Waals surface area contributed by atoms with Crippen molar-refractivity contribution >= 4 is 33.8 Å². The van der Waals surface area contributed by atoms with Gasteiger partial charge in [-0.2, -0.15) is 4.31 Å². The van der Waals surface area contributed by atoms with Gasteiger partial charge in [-0.05, 0) is 30.5 Å². The summed E-state index contributed by atoms with van der Waals surface area (Å²) < 4.78 is 27.0. The van der Waals surface area contributed by atoms with Crippen LogP contribution < -0.4 is 10.6 Å². The molecule has 0 aromatic carbocycles. The van der Waals surface area contributed by atoms with Crippen molar-refractivity contribution < 1.29 is 13.2 Å². The van der Waals surface area contributed by atoms with Crippen molar-refractivity contribution in [1.29, 1.82) is 5.41 Å². The molecule has 3 N–H and O–H groups in total. The summed E-state index contributed by atoms with van der Waals surface area (Å²) in [7, 11) is 0.324. The summed E-state index contributed by atoms with van der Waals surface area (Å²) in [5.41, 5.74) is 2.23. The van der Waals surface area contributed by atoms with Crippen LogP contribution in [0.2, 0.25) is 0 Å². The highest BCUT2D eigenvalue weighted by Gasteiger charge is 2.28. The van der Waals surface area contributed by atoms with Crippen molar-refractivity contribution in [3.63, 3.8) is 0 Å². The minimum absolute atomic E-state index is 0.0957. The van der Waals surface area contributed by atoms with Crippen molar-refractivity contribution in [3.05, 3.63) is 53.6 Å². The maximum atomic E-state index is 12.9. The molecule has 1 saturated carbocycles. The van der Waals surface area contributed by atoms with E-state index in [1.165, 1.54) is 16.8 Å². The molecule has 4 rings (SSSR count). The fourth-order valence-electron chi connectivity index (χ4n) is 5.12. The van der Waals surface area contributed by atoms with E-state index in [9.17, 15) is 13.2 Å². The molecule has 3 heterocycles. The Morgan fingerprint density at radius 3 is 2.42 bits per heavy atom. The van der Waals surface area contributed by atoms with E-state index in [0.29, 0.717) is 61.4 Å². The van der Waals surface area contributed by atoms with Gasteiger partial charge in [-0.1, -0.05) is 25.5 Å². The van der Waals surface area contributed by atoms with Crippen LogP contribution in [0.1, 0.15) is 53.3 Å². The molecular weight excluding hydrogens is 504 g/mol. The van der Waals surface area contributed by atoms with Crippen LogP contribution in [0.3, 0.4) is 0 Å². The average molecular weight is 543 g/mol. The summed E-state index contributed by atoms with van der Waals surface area (Å²) in [4.78, 5) is 21.2. The molecule has 38 heavy (non-hydrogen) atoms. The Morgan fingerprint density at radius 1 is 1.18 bits per heavy atom. The molecule has 206 valence electrons. The van der Waals surface area contributed by atoms with Crippen LogP contribution in [-0.2, 0) is 16.6 Å². The van der Waals surface area contributed by atoms with Gasteiger partial charge in [0.1, 0.15) is 23.2 Å². The zero-order valence-electron chi connectivity index (χ0n) is 22.4. The largest absolute Gasteiger partial charge is 0.343 e. The molecule has 1 amide bonds. The van der Waals surface area contributed by atoms with Gasteiger partial charge in [-0.3, -0.25) is 9.69 Å². The summed E-state index contributed by atoms with van der Waals surface area (Å²) in [5.74, 6) is 1.70. The lowest BCUT2D eigenvalue weighted by Crippen LogP contribution is -2.47. The maximum absolute atomic E-state index is 12.9. The Balaban J connectivity index is 1.42. The van der Waals surface area contributed by atoms with Crippen LogP contribution in [0.5, 0.6) is 0 Å². The van der Waals surface area contributed by atoms with Gasteiger partial charge >= 0.3 is 0 Å². The number of hydrogen-bond acceptors (Lipinski definition) is 8. The summed E-state index contributed by atoms with van der Waals surface area (Å²) in [6, 6.07) is 5.83. The van der Waals surface area contributed by atoms with Crippen LogP contribution in [0.4, 0.5) is 11.6 Å². The number of rotatable bonds is 10. The van der Waals surface area contributed by atoms with E-state index >= 15 is 0 Å². The van der Waals surface area contributed by atoms with Crippen LogP contribution in [0, 0.1) is 5.41 Å². The standard InChI is InChI=1S/C26H38N8O3S/c1-19(29-24-10-9-20(17-28-24)18-32-11-13-33(14-12-32)38(4,36)37)30-25-21(16-27)15-23(26(35)31(2)3)34(25)22-7-5-6-8-22/h9-10,15-17,22,27,30H,1,5-8,11-14,18H2,2-4H3,(H,28,29). The van der Waals surface area contributed by atoms with E-state index in [-0.39, 0.29) is 11.9 Å². The Bertz CT molecular complexity index is 1270. The normalized spacial score (nSPS) is 17.3. The third kappa shape index (κ3) is 6.43. The van der Waals surface area contributed by atoms with Gasteiger partial charge in [0.05, 0.1) is 6.26 Å². The molecule has 2 aromatic rings. The van der Waals surface area contributed by atoms with Crippen molar-refractivity contribution in [2.24, 2.45) is 0 Å². The van der Waals surface area contributed by atoms with Crippen molar-refractivity contribution in [2.45, 2.75) is 38.3 Å². The molecule has 12 heteroatoms. The zero-order chi connectivity index (χ0) is 27.4. The molecule has 0 radical (unpaired) electrons. The number of carbonyl (C=O) groups excluding carboxylic acids is 1. The minimum Gasteiger partial charge on any atom is -0.343 e. The third-order valence-corrected chi connectivity index (χ3v) is 8.42. The van der Waals surface area contributed by atoms with E-state index in [1.807, 2.05) is 16.7 Å². The van der Waals surface area contributed by atoms with Crippen LogP contribution >= 0.6 is 0 Å². The monoisotopic (exact) mass is 542 g/mol. The number of amides is 1. The first-order valence-electron chi connectivity index (χ1n) is 12.9. The van der Waals surface area contributed by atoms with Crippen LogP contribution in [0.15, 0.2) is 36.8 Å². The van der Waals surface area contributed by atoms with Gasteiger partial charge in [0.2, 0.25) is 10.0 Å². The average Bonchev–Trinajstić information content (AvgIpc) is 3.52. The maximum Gasteiger partial charge on any atom is 0.270 e. The van der Waals surface area contributed by atoms with E-state index in [0.717, 1.165) is 31.2 Å². The Morgan fingerprint density at radius 2 is 1.87 bits per heavy atom. The van der Waals surface area contributed by atoms with Crippen molar-refractivity contribution in [1.82, 2.24) is 23.7 Å². The lowest BCUT2D eigenvalue weighted by Gasteiger charge is -2.33. The number of anilines is 2. The number of carbonyl (C=O) groups is 1. The first-order chi connectivity index (χ1) is 18.1. The van der Waals surface area contributed by atoms with Gasteiger partial charge in [-0.25, -0.2) is 13.4 Å². The summed E-state index contributed by atoms with van der Waals surface area (Å²) >= 11 is 0. The fraction of sp³-hybridized carbons (Fsp3) is 0.500. The summed E-state index contributed by atoms with van der Waals surface area (Å²) in [6.45, 7) is 7.18. The second kappa shape index (κ2) is 11.7. The first-order valence-corrected chi connectivity index (χ1v) is 14.7. The molecule has 2 aliphatic rings. The summed E-state index contributed by atoms with van der Waals surface area (Å²) in [6.07, 6.45) is 8.51. The van der Waals surface area contributed by atoms with Gasteiger partial charge in [-0.15, -0.1) is 0 Å². The summed E-state index contributed by atoms with van der Waals surface area (Å²) in [5, 5.41) is 14.4.